The number of carbonyl (C=O) groups is 2. The van der Waals surface area contributed by atoms with Crippen LogP contribution in [-0.2, 0) is 4.79 Å². The lowest BCUT2D eigenvalue weighted by atomic mass is 9.91. The molecule has 22 heavy (non-hydrogen) atoms. The molecule has 2 rings (SSSR count). The van der Waals surface area contributed by atoms with E-state index in [0.29, 0.717) is 5.88 Å². The van der Waals surface area contributed by atoms with Gasteiger partial charge in [0.15, 0.2) is 5.60 Å². The Balaban J connectivity index is 2.05. The molecule has 120 valence electrons. The van der Waals surface area contributed by atoms with Crippen molar-refractivity contribution in [1.82, 2.24) is 9.88 Å². The number of carboxylic acids is 1. The van der Waals surface area contributed by atoms with Gasteiger partial charge in [-0.1, -0.05) is 6.07 Å². The average Bonchev–Trinajstić information content (AvgIpc) is 2.47. The number of nitrogens with zero attached hydrogens (tertiary/aromatic N) is 2. The van der Waals surface area contributed by atoms with Gasteiger partial charge < -0.3 is 19.8 Å². The lowest BCUT2D eigenvalue weighted by Crippen LogP contribution is -2.50. The number of likely N-dealkylation sites (tertiary alicyclic amines) is 1. The first-order chi connectivity index (χ1) is 10.3. The van der Waals surface area contributed by atoms with Gasteiger partial charge in [-0.05, 0) is 19.9 Å². The van der Waals surface area contributed by atoms with E-state index in [4.69, 9.17) is 9.84 Å². The largest absolute Gasteiger partial charge is 0.479 e. The fourth-order valence-corrected chi connectivity index (χ4v) is 2.30. The van der Waals surface area contributed by atoms with Gasteiger partial charge in [0.1, 0.15) is 5.69 Å². The summed E-state index contributed by atoms with van der Waals surface area (Å²) < 4.78 is 5.46. The minimum Gasteiger partial charge on any atom is -0.479 e. The lowest BCUT2D eigenvalue weighted by molar-refractivity contribution is -0.162. The molecule has 1 aromatic heterocycles. The van der Waals surface area contributed by atoms with Crippen LogP contribution in [0, 0.1) is 0 Å². The topological polar surface area (TPSA) is 100.0 Å². The zero-order valence-electron chi connectivity index (χ0n) is 12.7. The standard InChI is InChI=1S/C15H20N2O5/c1-10(2)22-12-5-3-4-11(16-12)13(18)17-8-6-15(21,7-9-17)14(19)20/h3-5,10,21H,6-9H2,1-2H3,(H,19,20). The molecule has 1 saturated heterocycles. The Morgan fingerprint density at radius 1 is 1.32 bits per heavy atom. The van der Waals surface area contributed by atoms with E-state index in [9.17, 15) is 14.7 Å². The molecule has 1 aliphatic rings. The Kier molecular flexibility index (Phi) is 4.65. The molecule has 0 saturated carbocycles. The van der Waals surface area contributed by atoms with Crippen molar-refractivity contribution in [2.45, 2.75) is 38.4 Å². The lowest BCUT2D eigenvalue weighted by Gasteiger charge is -2.35. The van der Waals surface area contributed by atoms with Gasteiger partial charge in [-0.2, -0.15) is 0 Å². The number of amides is 1. The molecule has 0 bridgehead atoms. The highest BCUT2D eigenvalue weighted by molar-refractivity contribution is 5.92. The molecular formula is C15H20N2O5. The van der Waals surface area contributed by atoms with Crippen LogP contribution in [0.25, 0.3) is 0 Å². The number of carbonyl (C=O) groups excluding carboxylic acids is 1. The van der Waals surface area contributed by atoms with Crippen LogP contribution < -0.4 is 4.74 Å². The molecule has 0 aromatic carbocycles. The van der Waals surface area contributed by atoms with Gasteiger partial charge in [0.25, 0.3) is 5.91 Å². The average molecular weight is 308 g/mol. The summed E-state index contributed by atoms with van der Waals surface area (Å²) in [5.41, 5.74) is -1.49. The third kappa shape index (κ3) is 3.54. The number of aliphatic carboxylic acids is 1. The molecule has 7 heteroatoms. The number of carboxylic acid groups (broad SMARTS) is 1. The maximum atomic E-state index is 12.4. The van der Waals surface area contributed by atoms with Crippen LogP contribution >= 0.6 is 0 Å². The number of aromatic nitrogens is 1. The monoisotopic (exact) mass is 308 g/mol. The van der Waals surface area contributed by atoms with Crippen molar-refractivity contribution in [3.05, 3.63) is 23.9 Å². The fraction of sp³-hybridized carbons (Fsp3) is 0.533. The number of ether oxygens (including phenoxy) is 1. The Morgan fingerprint density at radius 2 is 1.95 bits per heavy atom. The Labute approximate surface area is 128 Å². The molecule has 1 aliphatic heterocycles. The molecule has 1 fully saturated rings. The van der Waals surface area contributed by atoms with E-state index < -0.39 is 11.6 Å². The van der Waals surface area contributed by atoms with E-state index in [1.54, 1.807) is 18.2 Å². The Morgan fingerprint density at radius 3 is 2.50 bits per heavy atom. The van der Waals surface area contributed by atoms with Crippen LogP contribution in [0.3, 0.4) is 0 Å². The third-order valence-corrected chi connectivity index (χ3v) is 3.58. The summed E-state index contributed by atoms with van der Waals surface area (Å²) in [6, 6.07) is 4.96. The number of aliphatic hydroxyl groups is 1. The summed E-state index contributed by atoms with van der Waals surface area (Å²) in [5, 5.41) is 18.9. The number of rotatable bonds is 4. The van der Waals surface area contributed by atoms with Gasteiger partial charge in [0.05, 0.1) is 6.10 Å². The summed E-state index contributed by atoms with van der Waals surface area (Å²) >= 11 is 0. The van der Waals surface area contributed by atoms with Gasteiger partial charge in [-0.25, -0.2) is 9.78 Å². The summed E-state index contributed by atoms with van der Waals surface area (Å²) in [4.78, 5) is 29.1. The highest BCUT2D eigenvalue weighted by Crippen LogP contribution is 2.23. The molecule has 0 aliphatic carbocycles. The predicted octanol–water partition coefficient (Wildman–Crippen LogP) is 0.920. The van der Waals surface area contributed by atoms with Crippen molar-refractivity contribution >= 4 is 11.9 Å². The summed E-state index contributed by atoms with van der Waals surface area (Å²) in [6.45, 7) is 4.10. The Hall–Kier alpha value is -2.15. The molecule has 7 nitrogen and oxygen atoms in total. The zero-order valence-corrected chi connectivity index (χ0v) is 12.7. The SMILES string of the molecule is CC(C)Oc1cccc(C(=O)N2CCC(O)(C(=O)O)CC2)n1. The van der Waals surface area contributed by atoms with Crippen LogP contribution in [-0.4, -0.2) is 56.8 Å². The normalized spacial score (nSPS) is 17.4. The molecular weight excluding hydrogens is 288 g/mol. The van der Waals surface area contributed by atoms with E-state index in [-0.39, 0.29) is 43.6 Å². The van der Waals surface area contributed by atoms with Crippen molar-refractivity contribution in [2.24, 2.45) is 0 Å². The zero-order chi connectivity index (χ0) is 16.3. The van der Waals surface area contributed by atoms with Gasteiger partial charge in [0.2, 0.25) is 5.88 Å². The van der Waals surface area contributed by atoms with Gasteiger partial charge in [-0.3, -0.25) is 4.79 Å². The maximum absolute atomic E-state index is 12.4. The Bertz CT molecular complexity index is 565. The second-order valence-electron chi connectivity index (χ2n) is 5.66. The number of piperidine rings is 1. The quantitative estimate of drug-likeness (QED) is 0.858. The molecule has 0 unspecified atom stereocenters. The van der Waals surface area contributed by atoms with Crippen molar-refractivity contribution in [3.8, 4) is 5.88 Å². The molecule has 0 spiro atoms. The van der Waals surface area contributed by atoms with E-state index >= 15 is 0 Å². The van der Waals surface area contributed by atoms with Crippen molar-refractivity contribution in [3.63, 3.8) is 0 Å². The van der Waals surface area contributed by atoms with Crippen LogP contribution in [0.1, 0.15) is 37.2 Å². The second-order valence-corrected chi connectivity index (χ2v) is 5.66. The summed E-state index contributed by atoms with van der Waals surface area (Å²) in [5.74, 6) is -1.16. The van der Waals surface area contributed by atoms with Crippen molar-refractivity contribution < 1.29 is 24.5 Å². The van der Waals surface area contributed by atoms with Gasteiger partial charge in [0, 0.05) is 32.0 Å². The molecule has 2 N–H and O–H groups in total. The number of pyridine rings is 1. The third-order valence-electron chi connectivity index (χ3n) is 3.58. The second kappa shape index (κ2) is 6.31. The van der Waals surface area contributed by atoms with Crippen LogP contribution in [0.4, 0.5) is 0 Å². The van der Waals surface area contributed by atoms with Crippen molar-refractivity contribution in [1.29, 1.82) is 0 Å². The summed E-state index contributed by atoms with van der Waals surface area (Å²) in [6.07, 6.45) is -0.0228. The molecule has 0 atom stereocenters. The predicted molar refractivity (Wildman–Crippen MR) is 77.7 cm³/mol. The van der Waals surface area contributed by atoms with Crippen LogP contribution in [0.2, 0.25) is 0 Å². The first-order valence-electron chi connectivity index (χ1n) is 7.20. The van der Waals surface area contributed by atoms with E-state index in [1.807, 2.05) is 13.8 Å². The number of hydrogen-bond acceptors (Lipinski definition) is 5. The molecule has 1 aromatic rings. The van der Waals surface area contributed by atoms with Gasteiger partial charge >= 0.3 is 5.97 Å². The first-order valence-corrected chi connectivity index (χ1v) is 7.20. The van der Waals surface area contributed by atoms with E-state index in [0.717, 1.165) is 0 Å². The minimum absolute atomic E-state index is 0.0102. The molecule has 1 amide bonds. The van der Waals surface area contributed by atoms with Gasteiger partial charge in [-0.15, -0.1) is 0 Å². The first kappa shape index (κ1) is 16.2. The smallest absolute Gasteiger partial charge is 0.335 e. The van der Waals surface area contributed by atoms with E-state index in [1.165, 1.54) is 4.90 Å². The van der Waals surface area contributed by atoms with E-state index in [2.05, 4.69) is 4.98 Å². The van der Waals surface area contributed by atoms with Crippen LogP contribution in [0.15, 0.2) is 18.2 Å². The molecule has 0 radical (unpaired) electrons. The molecule has 2 heterocycles. The van der Waals surface area contributed by atoms with Crippen molar-refractivity contribution in [2.75, 3.05) is 13.1 Å². The minimum atomic E-state index is -1.74. The number of hydrogen-bond donors (Lipinski definition) is 2. The highest BCUT2D eigenvalue weighted by Gasteiger charge is 2.40. The van der Waals surface area contributed by atoms with Crippen LogP contribution in [0.5, 0.6) is 5.88 Å². The summed E-state index contributed by atoms with van der Waals surface area (Å²) in [7, 11) is 0. The fourth-order valence-electron chi connectivity index (χ4n) is 2.30. The highest BCUT2D eigenvalue weighted by atomic mass is 16.5. The maximum Gasteiger partial charge on any atom is 0.335 e.